The normalized spacial score (nSPS) is 16.1. The first-order valence-electron chi connectivity index (χ1n) is 9.87. The van der Waals surface area contributed by atoms with Crippen LogP contribution in [0.3, 0.4) is 0 Å². The van der Waals surface area contributed by atoms with Gasteiger partial charge in [0.25, 0.3) is 5.56 Å². The molecule has 2 aromatic rings. The maximum atomic E-state index is 13.4. The molecule has 6 heteroatoms. The monoisotopic (exact) mass is 386 g/mol. The highest BCUT2D eigenvalue weighted by molar-refractivity contribution is 5.43. The van der Waals surface area contributed by atoms with E-state index in [0.29, 0.717) is 18.7 Å². The zero-order valence-electron chi connectivity index (χ0n) is 17.0. The van der Waals surface area contributed by atoms with Gasteiger partial charge in [-0.15, -0.1) is 0 Å². The molecule has 6 nitrogen and oxygen atoms in total. The number of ether oxygens (including phenoxy) is 2. The van der Waals surface area contributed by atoms with Gasteiger partial charge in [0.2, 0.25) is 0 Å². The second-order valence-corrected chi connectivity index (χ2v) is 7.31. The molecule has 0 bridgehead atoms. The molecule has 0 radical (unpaired) electrons. The SMILES string of the molecule is COCCn1c(C)cc(O)c(C(c2cccc(OC)c2)N2CCCCC2)c1=O. The third kappa shape index (κ3) is 4.23. The van der Waals surface area contributed by atoms with Crippen molar-refractivity contribution in [1.82, 2.24) is 9.47 Å². The summed E-state index contributed by atoms with van der Waals surface area (Å²) >= 11 is 0. The van der Waals surface area contributed by atoms with E-state index < -0.39 is 0 Å². The Labute approximate surface area is 166 Å². The lowest BCUT2D eigenvalue weighted by Crippen LogP contribution is -2.39. The van der Waals surface area contributed by atoms with E-state index in [-0.39, 0.29) is 17.4 Å². The lowest BCUT2D eigenvalue weighted by Gasteiger charge is -2.35. The summed E-state index contributed by atoms with van der Waals surface area (Å²) in [5, 5.41) is 10.8. The van der Waals surface area contributed by atoms with Gasteiger partial charge in [0.05, 0.1) is 25.3 Å². The molecule has 0 aliphatic carbocycles. The van der Waals surface area contributed by atoms with Crippen molar-refractivity contribution in [1.29, 1.82) is 0 Å². The molecule has 1 aliphatic heterocycles. The van der Waals surface area contributed by atoms with Crippen molar-refractivity contribution >= 4 is 0 Å². The Morgan fingerprint density at radius 1 is 1.14 bits per heavy atom. The summed E-state index contributed by atoms with van der Waals surface area (Å²) in [6, 6.07) is 9.15. The molecule has 1 fully saturated rings. The third-order valence-electron chi connectivity index (χ3n) is 5.48. The Hall–Kier alpha value is -2.31. The molecule has 2 heterocycles. The summed E-state index contributed by atoms with van der Waals surface area (Å²) in [6.07, 6.45) is 3.37. The van der Waals surface area contributed by atoms with Gasteiger partial charge < -0.3 is 19.1 Å². The van der Waals surface area contributed by atoms with Gasteiger partial charge in [-0.25, -0.2) is 0 Å². The van der Waals surface area contributed by atoms with Crippen LogP contribution in [0, 0.1) is 6.92 Å². The second-order valence-electron chi connectivity index (χ2n) is 7.31. The number of benzene rings is 1. The van der Waals surface area contributed by atoms with Gasteiger partial charge in [-0.3, -0.25) is 9.69 Å². The van der Waals surface area contributed by atoms with Crippen molar-refractivity contribution in [2.24, 2.45) is 0 Å². The first kappa shape index (κ1) is 20.4. The van der Waals surface area contributed by atoms with Crippen LogP contribution >= 0.6 is 0 Å². The van der Waals surface area contributed by atoms with E-state index in [0.717, 1.165) is 42.9 Å². The topological polar surface area (TPSA) is 63.9 Å². The summed E-state index contributed by atoms with van der Waals surface area (Å²) in [6.45, 7) is 4.53. The molecule has 152 valence electrons. The van der Waals surface area contributed by atoms with Crippen molar-refractivity contribution in [3.63, 3.8) is 0 Å². The fourth-order valence-corrected chi connectivity index (χ4v) is 4.03. The molecule has 28 heavy (non-hydrogen) atoms. The lowest BCUT2D eigenvalue weighted by molar-refractivity contribution is 0.178. The van der Waals surface area contributed by atoms with Crippen LogP contribution in [0.2, 0.25) is 0 Å². The summed E-state index contributed by atoms with van der Waals surface area (Å²) in [5.74, 6) is 0.792. The van der Waals surface area contributed by atoms with Gasteiger partial charge in [-0.05, 0) is 56.6 Å². The molecule has 3 rings (SSSR count). The van der Waals surface area contributed by atoms with Gasteiger partial charge in [0.15, 0.2) is 0 Å². The minimum atomic E-state index is -0.308. The zero-order chi connectivity index (χ0) is 20.1. The molecule has 1 atom stereocenters. The first-order valence-corrected chi connectivity index (χ1v) is 9.87. The van der Waals surface area contributed by atoms with Crippen LogP contribution < -0.4 is 10.3 Å². The van der Waals surface area contributed by atoms with Crippen molar-refractivity contribution in [3.05, 3.63) is 57.5 Å². The van der Waals surface area contributed by atoms with Crippen LogP contribution in [0.15, 0.2) is 35.1 Å². The first-order chi connectivity index (χ1) is 13.6. The van der Waals surface area contributed by atoms with Crippen molar-refractivity contribution < 1.29 is 14.6 Å². The average Bonchev–Trinajstić information content (AvgIpc) is 2.71. The largest absolute Gasteiger partial charge is 0.507 e. The molecule has 0 amide bonds. The zero-order valence-corrected chi connectivity index (χ0v) is 17.0. The Morgan fingerprint density at radius 2 is 1.89 bits per heavy atom. The van der Waals surface area contributed by atoms with E-state index in [4.69, 9.17) is 9.47 Å². The summed E-state index contributed by atoms with van der Waals surface area (Å²) < 4.78 is 12.3. The highest BCUT2D eigenvalue weighted by atomic mass is 16.5. The molecule has 1 aromatic heterocycles. The predicted molar refractivity (Wildman–Crippen MR) is 109 cm³/mol. The Balaban J connectivity index is 2.15. The van der Waals surface area contributed by atoms with Crippen LogP contribution in [-0.4, -0.2) is 48.5 Å². The number of pyridine rings is 1. The summed E-state index contributed by atoms with van der Waals surface area (Å²) in [7, 11) is 3.25. The molecule has 1 saturated heterocycles. The Morgan fingerprint density at radius 3 is 2.57 bits per heavy atom. The summed E-state index contributed by atoms with van der Waals surface area (Å²) in [5.41, 5.74) is 1.95. The van der Waals surface area contributed by atoms with Crippen molar-refractivity contribution in [3.8, 4) is 11.5 Å². The van der Waals surface area contributed by atoms with Gasteiger partial charge in [0, 0.05) is 19.3 Å². The maximum Gasteiger partial charge on any atom is 0.259 e. The van der Waals surface area contributed by atoms with Crippen LogP contribution in [0.25, 0.3) is 0 Å². The molecule has 1 N–H and O–H groups in total. The van der Waals surface area contributed by atoms with Crippen LogP contribution in [0.5, 0.6) is 11.5 Å². The number of piperidine rings is 1. The highest BCUT2D eigenvalue weighted by Gasteiger charge is 2.30. The Bertz CT molecular complexity index is 856. The smallest absolute Gasteiger partial charge is 0.259 e. The highest BCUT2D eigenvalue weighted by Crippen LogP contribution is 2.35. The van der Waals surface area contributed by atoms with E-state index in [1.165, 1.54) is 6.42 Å². The molecule has 1 aliphatic rings. The molecule has 1 aromatic carbocycles. The number of likely N-dealkylation sites (tertiary alicyclic amines) is 1. The van der Waals surface area contributed by atoms with Gasteiger partial charge in [0.1, 0.15) is 11.5 Å². The molecule has 0 saturated carbocycles. The number of hydrogen-bond acceptors (Lipinski definition) is 5. The fourth-order valence-electron chi connectivity index (χ4n) is 4.03. The van der Waals surface area contributed by atoms with Crippen LogP contribution in [0.4, 0.5) is 0 Å². The number of hydrogen-bond donors (Lipinski definition) is 1. The van der Waals surface area contributed by atoms with E-state index in [1.807, 2.05) is 31.2 Å². The van der Waals surface area contributed by atoms with Crippen LogP contribution in [0.1, 0.15) is 42.1 Å². The molecule has 1 unspecified atom stereocenters. The minimum Gasteiger partial charge on any atom is -0.507 e. The third-order valence-corrected chi connectivity index (χ3v) is 5.48. The van der Waals surface area contributed by atoms with E-state index in [1.54, 1.807) is 24.9 Å². The summed E-state index contributed by atoms with van der Waals surface area (Å²) in [4.78, 5) is 15.7. The maximum absolute atomic E-state index is 13.4. The minimum absolute atomic E-state index is 0.0505. The number of methoxy groups -OCH3 is 2. The number of nitrogens with zero attached hydrogens (tertiary/aromatic N) is 2. The molecule has 0 spiro atoms. The number of aromatic nitrogens is 1. The number of aromatic hydroxyl groups is 1. The predicted octanol–water partition coefficient (Wildman–Crippen LogP) is 3.09. The molecular formula is C22H30N2O4. The van der Waals surface area contributed by atoms with E-state index >= 15 is 0 Å². The number of aryl methyl sites for hydroxylation is 1. The van der Waals surface area contributed by atoms with Crippen LogP contribution in [-0.2, 0) is 11.3 Å². The standard InChI is InChI=1S/C22H30N2O4/c1-16-14-19(25)20(22(26)24(16)12-13-27-2)21(23-10-5-4-6-11-23)17-8-7-9-18(15-17)28-3/h7-9,14-15,21,25H,4-6,10-13H2,1-3H3. The van der Waals surface area contributed by atoms with E-state index in [2.05, 4.69) is 4.90 Å². The van der Waals surface area contributed by atoms with Gasteiger partial charge >= 0.3 is 0 Å². The molecular weight excluding hydrogens is 356 g/mol. The van der Waals surface area contributed by atoms with E-state index in [9.17, 15) is 9.90 Å². The Kier molecular flexibility index (Phi) is 6.75. The number of rotatable bonds is 7. The fraction of sp³-hybridized carbons (Fsp3) is 0.500. The van der Waals surface area contributed by atoms with Crippen molar-refractivity contribution in [2.45, 2.75) is 38.8 Å². The van der Waals surface area contributed by atoms with Crippen molar-refractivity contribution in [2.75, 3.05) is 33.9 Å². The second kappa shape index (κ2) is 9.26. The average molecular weight is 386 g/mol. The van der Waals surface area contributed by atoms with Gasteiger partial charge in [-0.1, -0.05) is 18.6 Å². The lowest BCUT2D eigenvalue weighted by atomic mass is 9.94. The quantitative estimate of drug-likeness (QED) is 0.792. The van der Waals surface area contributed by atoms with Gasteiger partial charge in [-0.2, -0.15) is 0 Å².